The second-order valence-electron chi connectivity index (χ2n) is 5.99. The molecule has 144 valence electrons. The molecule has 0 bridgehead atoms. The maximum atomic E-state index is 12.4. The predicted molar refractivity (Wildman–Crippen MR) is 103 cm³/mol. The summed E-state index contributed by atoms with van der Waals surface area (Å²) < 4.78 is 42.8. The summed E-state index contributed by atoms with van der Waals surface area (Å²) in [5.74, 6) is 0.420. The lowest BCUT2D eigenvalue weighted by Crippen LogP contribution is -2.20. The van der Waals surface area contributed by atoms with Crippen LogP contribution in [0.25, 0.3) is 11.1 Å². The minimum absolute atomic E-state index is 0.0604. The number of hydrogen-bond donors (Lipinski definition) is 1. The zero-order valence-electron chi connectivity index (χ0n) is 14.5. The number of hydrogen-bond acceptors (Lipinski definition) is 3. The molecule has 0 unspecified atom stereocenters. The Kier molecular flexibility index (Phi) is 5.90. The highest BCUT2D eigenvalue weighted by molar-refractivity contribution is 6.30. The molecule has 0 saturated heterocycles. The zero-order valence-corrected chi connectivity index (χ0v) is 15.2. The number of carbonyl (C=O) groups excluding carboxylic acids is 1. The van der Waals surface area contributed by atoms with E-state index in [9.17, 15) is 18.0 Å². The Morgan fingerprint density at radius 1 is 0.929 bits per heavy atom. The summed E-state index contributed by atoms with van der Waals surface area (Å²) in [6, 6.07) is 18.0. The lowest BCUT2D eigenvalue weighted by Gasteiger charge is -2.12. The first-order chi connectivity index (χ1) is 13.3. The summed E-state index contributed by atoms with van der Waals surface area (Å²) in [5, 5.41) is 2.07. The van der Waals surface area contributed by atoms with Crippen molar-refractivity contribution < 1.29 is 22.7 Å². The number of anilines is 1. The largest absolute Gasteiger partial charge is 0.488 e. The summed E-state index contributed by atoms with van der Waals surface area (Å²) in [5.41, 5.74) is 2.57. The standard InChI is InChI=1S/C21H15ClF3NO2/c22-18-6-1-14(2-7-18)13-28-20-10-5-16(11-17(20)12-27)15-3-8-19(9-4-15)26-21(23,24)25/h1-12,26H,13H2. The maximum absolute atomic E-state index is 12.4. The molecule has 0 heterocycles. The van der Waals surface area contributed by atoms with Crippen LogP contribution in [0.4, 0.5) is 18.9 Å². The topological polar surface area (TPSA) is 38.3 Å². The SMILES string of the molecule is O=Cc1cc(-c2ccc(NC(F)(F)F)cc2)ccc1OCc1ccc(Cl)cc1. The van der Waals surface area contributed by atoms with Crippen molar-refractivity contribution in [2.45, 2.75) is 12.9 Å². The van der Waals surface area contributed by atoms with Gasteiger partial charge in [-0.3, -0.25) is 10.1 Å². The van der Waals surface area contributed by atoms with Crippen LogP contribution in [0.2, 0.25) is 5.02 Å². The third-order valence-electron chi connectivity index (χ3n) is 3.95. The van der Waals surface area contributed by atoms with Gasteiger partial charge in [-0.1, -0.05) is 41.9 Å². The number of nitrogens with one attached hydrogen (secondary N) is 1. The van der Waals surface area contributed by atoms with E-state index >= 15 is 0 Å². The van der Waals surface area contributed by atoms with E-state index in [1.807, 2.05) is 12.1 Å². The molecule has 0 aromatic heterocycles. The second kappa shape index (κ2) is 8.35. The van der Waals surface area contributed by atoms with Crippen LogP contribution in [0.15, 0.2) is 66.7 Å². The van der Waals surface area contributed by atoms with Gasteiger partial charge in [0.15, 0.2) is 6.29 Å². The highest BCUT2D eigenvalue weighted by Gasteiger charge is 2.26. The van der Waals surface area contributed by atoms with Crippen LogP contribution in [-0.2, 0) is 6.61 Å². The smallest absolute Gasteiger partial charge is 0.482 e. The van der Waals surface area contributed by atoms with Crippen LogP contribution in [0.3, 0.4) is 0 Å². The summed E-state index contributed by atoms with van der Waals surface area (Å²) in [6.07, 6.45) is -3.81. The highest BCUT2D eigenvalue weighted by Crippen LogP contribution is 2.28. The molecule has 0 fully saturated rings. The summed E-state index contributed by atoms with van der Waals surface area (Å²) in [4.78, 5) is 11.4. The normalized spacial score (nSPS) is 11.1. The van der Waals surface area contributed by atoms with Crippen molar-refractivity contribution in [3.63, 3.8) is 0 Å². The number of alkyl halides is 3. The van der Waals surface area contributed by atoms with E-state index in [0.29, 0.717) is 33.7 Å². The van der Waals surface area contributed by atoms with Gasteiger partial charge in [-0.25, -0.2) is 0 Å². The quantitative estimate of drug-likeness (QED) is 0.384. The van der Waals surface area contributed by atoms with Crippen LogP contribution in [0.1, 0.15) is 15.9 Å². The van der Waals surface area contributed by atoms with Gasteiger partial charge in [0, 0.05) is 10.7 Å². The molecule has 0 atom stereocenters. The Bertz CT molecular complexity index is 955. The third kappa shape index (κ3) is 5.27. The fraction of sp³-hybridized carbons (Fsp3) is 0.0952. The monoisotopic (exact) mass is 405 g/mol. The van der Waals surface area contributed by atoms with Gasteiger partial charge in [-0.2, -0.15) is 13.2 Å². The summed E-state index contributed by atoms with van der Waals surface area (Å²) in [7, 11) is 0. The number of halogens is 4. The van der Waals surface area contributed by atoms with E-state index in [-0.39, 0.29) is 12.3 Å². The molecular weight excluding hydrogens is 391 g/mol. The number of benzene rings is 3. The molecule has 3 aromatic rings. The number of carbonyl (C=O) groups is 1. The van der Waals surface area contributed by atoms with E-state index in [4.69, 9.17) is 16.3 Å². The van der Waals surface area contributed by atoms with E-state index < -0.39 is 6.30 Å². The minimum atomic E-state index is -4.49. The minimum Gasteiger partial charge on any atom is -0.488 e. The molecule has 3 rings (SSSR count). The molecule has 3 aromatic carbocycles. The molecule has 0 amide bonds. The number of ether oxygens (including phenoxy) is 1. The van der Waals surface area contributed by atoms with Crippen LogP contribution < -0.4 is 10.1 Å². The van der Waals surface area contributed by atoms with Gasteiger partial charge in [-0.15, -0.1) is 0 Å². The Morgan fingerprint density at radius 2 is 1.57 bits per heavy atom. The third-order valence-corrected chi connectivity index (χ3v) is 4.20. The molecule has 0 aliphatic heterocycles. The van der Waals surface area contributed by atoms with Crippen LogP contribution >= 0.6 is 11.6 Å². The van der Waals surface area contributed by atoms with Crippen molar-refractivity contribution in [1.82, 2.24) is 0 Å². The van der Waals surface area contributed by atoms with E-state index in [1.165, 1.54) is 17.4 Å². The molecule has 0 saturated carbocycles. The predicted octanol–water partition coefficient (Wildman–Crippen LogP) is 6.33. The summed E-state index contributed by atoms with van der Waals surface area (Å²) in [6.45, 7) is 0.273. The van der Waals surface area contributed by atoms with Crippen molar-refractivity contribution in [3.8, 4) is 16.9 Å². The molecule has 0 spiro atoms. The van der Waals surface area contributed by atoms with Crippen molar-refractivity contribution >= 4 is 23.6 Å². The molecule has 3 nitrogen and oxygen atoms in total. The van der Waals surface area contributed by atoms with Gasteiger partial charge in [-0.05, 0) is 53.1 Å². The van der Waals surface area contributed by atoms with E-state index in [0.717, 1.165) is 5.56 Å². The van der Waals surface area contributed by atoms with Crippen molar-refractivity contribution in [2.24, 2.45) is 0 Å². The van der Waals surface area contributed by atoms with Gasteiger partial charge in [0.2, 0.25) is 0 Å². The van der Waals surface area contributed by atoms with Gasteiger partial charge in [0.25, 0.3) is 0 Å². The van der Waals surface area contributed by atoms with Gasteiger partial charge in [0.1, 0.15) is 12.4 Å². The highest BCUT2D eigenvalue weighted by atomic mass is 35.5. The van der Waals surface area contributed by atoms with Crippen LogP contribution in [-0.4, -0.2) is 12.6 Å². The van der Waals surface area contributed by atoms with Crippen molar-refractivity contribution in [1.29, 1.82) is 0 Å². The fourth-order valence-corrected chi connectivity index (χ4v) is 2.73. The first-order valence-electron chi connectivity index (χ1n) is 8.26. The lowest BCUT2D eigenvalue weighted by atomic mass is 10.0. The fourth-order valence-electron chi connectivity index (χ4n) is 2.60. The lowest BCUT2D eigenvalue weighted by molar-refractivity contribution is -0.0999. The van der Waals surface area contributed by atoms with E-state index in [1.54, 1.807) is 42.5 Å². The van der Waals surface area contributed by atoms with Crippen LogP contribution in [0.5, 0.6) is 5.75 Å². The van der Waals surface area contributed by atoms with Gasteiger partial charge >= 0.3 is 6.30 Å². The Morgan fingerprint density at radius 3 is 2.18 bits per heavy atom. The van der Waals surface area contributed by atoms with Crippen molar-refractivity contribution in [2.75, 3.05) is 5.32 Å². The Labute approximate surface area is 164 Å². The first-order valence-corrected chi connectivity index (χ1v) is 8.64. The number of aldehydes is 1. The molecule has 28 heavy (non-hydrogen) atoms. The van der Waals surface area contributed by atoms with Gasteiger partial charge in [0.05, 0.1) is 5.56 Å². The second-order valence-corrected chi connectivity index (χ2v) is 6.42. The number of rotatable bonds is 6. The average molecular weight is 406 g/mol. The van der Waals surface area contributed by atoms with Gasteiger partial charge < -0.3 is 4.74 Å². The summed E-state index contributed by atoms with van der Waals surface area (Å²) >= 11 is 5.85. The average Bonchev–Trinajstić information content (AvgIpc) is 2.67. The molecule has 7 heteroatoms. The molecule has 0 aliphatic carbocycles. The van der Waals surface area contributed by atoms with E-state index in [2.05, 4.69) is 0 Å². The molecule has 0 aliphatic rings. The zero-order chi connectivity index (χ0) is 20.1. The Balaban J connectivity index is 1.75. The molecule has 0 radical (unpaired) electrons. The molecular formula is C21H15ClF3NO2. The first kappa shape index (κ1) is 19.8. The Hall–Kier alpha value is -2.99. The maximum Gasteiger partial charge on any atom is 0.482 e. The van der Waals surface area contributed by atoms with Crippen molar-refractivity contribution in [3.05, 3.63) is 82.9 Å². The van der Waals surface area contributed by atoms with Crippen LogP contribution in [0, 0.1) is 0 Å². The molecule has 1 N–H and O–H groups in total.